The van der Waals surface area contributed by atoms with Crippen molar-refractivity contribution in [2.75, 3.05) is 0 Å². The summed E-state index contributed by atoms with van der Waals surface area (Å²) in [7, 11) is 0. The van der Waals surface area contributed by atoms with E-state index in [-0.39, 0.29) is 12.2 Å². The predicted molar refractivity (Wildman–Crippen MR) is 134 cm³/mol. The molecular weight excluding hydrogens is 392 g/mol. The molecule has 0 aromatic heterocycles. The molecule has 0 aromatic rings. The minimum atomic E-state index is -0.163. The highest BCUT2D eigenvalue weighted by Crippen LogP contribution is 2.67. The molecule has 0 bridgehead atoms. The highest BCUT2D eigenvalue weighted by Gasteiger charge is 2.59. The number of aliphatic hydroxyl groups is 2. The first kappa shape index (κ1) is 24.8. The molecule has 0 radical (unpaired) electrons. The first-order chi connectivity index (χ1) is 15.0. The van der Waals surface area contributed by atoms with Gasteiger partial charge >= 0.3 is 0 Å². The van der Waals surface area contributed by atoms with Crippen LogP contribution in [0.25, 0.3) is 0 Å². The molecule has 32 heavy (non-hydrogen) atoms. The summed E-state index contributed by atoms with van der Waals surface area (Å²) in [6.07, 6.45) is 13.1. The van der Waals surface area contributed by atoms with Gasteiger partial charge in [-0.1, -0.05) is 66.5 Å². The molecule has 3 fully saturated rings. The Morgan fingerprint density at radius 2 is 1.66 bits per heavy atom. The maximum Gasteiger partial charge on any atom is 0.0571 e. The van der Waals surface area contributed by atoms with E-state index in [2.05, 4.69) is 54.5 Å². The van der Waals surface area contributed by atoms with Crippen molar-refractivity contribution >= 4 is 0 Å². The molecule has 4 aliphatic rings. The Balaban J connectivity index is 1.53. The summed E-state index contributed by atoms with van der Waals surface area (Å²) in [5.74, 6) is 4.84. The number of hydrogen-bond acceptors (Lipinski definition) is 2. The van der Waals surface area contributed by atoms with Gasteiger partial charge < -0.3 is 10.2 Å². The fraction of sp³-hybridized carbons (Fsp3) is 0.933. The van der Waals surface area contributed by atoms with Crippen LogP contribution in [0.3, 0.4) is 0 Å². The third-order valence-electron chi connectivity index (χ3n) is 11.9. The van der Waals surface area contributed by atoms with Crippen LogP contribution in [0.4, 0.5) is 0 Å². The summed E-state index contributed by atoms with van der Waals surface area (Å²) in [5.41, 5.74) is 2.52. The number of hydrogen-bond donors (Lipinski definition) is 2. The number of aliphatic hydroxyl groups excluding tert-OH is 2. The van der Waals surface area contributed by atoms with Crippen molar-refractivity contribution in [2.45, 2.75) is 118 Å². The van der Waals surface area contributed by atoms with Gasteiger partial charge in [0.25, 0.3) is 0 Å². The van der Waals surface area contributed by atoms with Gasteiger partial charge in [-0.2, -0.15) is 0 Å². The Morgan fingerprint density at radius 3 is 2.31 bits per heavy atom. The predicted octanol–water partition coefficient (Wildman–Crippen LogP) is 7.24. The van der Waals surface area contributed by atoms with Crippen LogP contribution in [-0.4, -0.2) is 22.4 Å². The Bertz CT molecular complexity index is 697. The molecule has 184 valence electrons. The van der Waals surface area contributed by atoms with Crippen LogP contribution < -0.4 is 0 Å². The molecule has 3 saturated carbocycles. The number of rotatable bonds is 6. The van der Waals surface area contributed by atoms with Gasteiger partial charge in [-0.25, -0.2) is 0 Å². The average molecular weight is 445 g/mol. The van der Waals surface area contributed by atoms with Gasteiger partial charge in [0.1, 0.15) is 0 Å². The maximum absolute atomic E-state index is 11.3. The second kappa shape index (κ2) is 9.03. The van der Waals surface area contributed by atoms with E-state index in [1.165, 1.54) is 44.9 Å². The van der Waals surface area contributed by atoms with Gasteiger partial charge in [-0.05, 0) is 110 Å². The first-order valence-corrected chi connectivity index (χ1v) is 14.1. The Kier molecular flexibility index (Phi) is 6.99. The lowest BCUT2D eigenvalue weighted by atomic mass is 9.46. The SMILES string of the molecule is CCC(CC(O)C(C)C1CCC2C3=CCC4C(C)C(O)CCC4(C)C3CCC21C)C(C)C. The van der Waals surface area contributed by atoms with Crippen molar-refractivity contribution in [3.05, 3.63) is 11.6 Å². The molecule has 11 unspecified atom stereocenters. The summed E-state index contributed by atoms with van der Waals surface area (Å²) in [6, 6.07) is 0. The third-order valence-corrected chi connectivity index (χ3v) is 11.9. The van der Waals surface area contributed by atoms with Crippen LogP contribution >= 0.6 is 0 Å². The van der Waals surface area contributed by atoms with Crippen LogP contribution in [0.5, 0.6) is 0 Å². The van der Waals surface area contributed by atoms with E-state index in [0.29, 0.717) is 52.3 Å². The monoisotopic (exact) mass is 444 g/mol. The molecule has 0 spiro atoms. The van der Waals surface area contributed by atoms with Gasteiger partial charge in [0.2, 0.25) is 0 Å². The number of fused-ring (bicyclic) bond motifs is 5. The zero-order chi connectivity index (χ0) is 23.4. The van der Waals surface area contributed by atoms with Crippen molar-refractivity contribution in [1.29, 1.82) is 0 Å². The van der Waals surface area contributed by atoms with Crippen LogP contribution in [0.15, 0.2) is 11.6 Å². The second-order valence-corrected chi connectivity index (χ2v) is 13.4. The number of allylic oxidation sites excluding steroid dienone is 2. The summed E-state index contributed by atoms with van der Waals surface area (Å²) in [4.78, 5) is 0. The standard InChI is InChI=1S/C30H52O2/c1-8-21(18(2)3)17-28(32)20(5)24-11-12-25-22-9-10-23-19(4)27(31)14-16-30(23,7)26(22)13-15-29(24,25)6/h9,18-21,23-28,31-32H,8,10-17H2,1-7H3. The Morgan fingerprint density at radius 1 is 1.00 bits per heavy atom. The van der Waals surface area contributed by atoms with Gasteiger partial charge in [0.05, 0.1) is 12.2 Å². The zero-order valence-corrected chi connectivity index (χ0v) is 22.1. The normalized spacial score (nSPS) is 46.6. The van der Waals surface area contributed by atoms with Crippen LogP contribution in [0.2, 0.25) is 0 Å². The minimum Gasteiger partial charge on any atom is -0.393 e. The van der Waals surface area contributed by atoms with Crippen molar-refractivity contribution in [2.24, 2.45) is 58.2 Å². The molecule has 0 saturated heterocycles. The van der Waals surface area contributed by atoms with Crippen molar-refractivity contribution in [3.63, 3.8) is 0 Å². The molecule has 2 heteroatoms. The lowest BCUT2D eigenvalue weighted by molar-refractivity contribution is -0.0798. The highest BCUT2D eigenvalue weighted by molar-refractivity contribution is 5.28. The van der Waals surface area contributed by atoms with E-state index in [4.69, 9.17) is 0 Å². The smallest absolute Gasteiger partial charge is 0.0571 e. The topological polar surface area (TPSA) is 40.5 Å². The summed E-state index contributed by atoms with van der Waals surface area (Å²) in [5, 5.41) is 21.8. The van der Waals surface area contributed by atoms with E-state index in [9.17, 15) is 10.2 Å². The molecule has 0 aliphatic heterocycles. The summed E-state index contributed by atoms with van der Waals surface area (Å²) in [6.45, 7) is 16.7. The highest BCUT2D eigenvalue weighted by atomic mass is 16.3. The molecule has 0 aromatic carbocycles. The Labute approximate surface area is 198 Å². The van der Waals surface area contributed by atoms with Crippen molar-refractivity contribution in [3.8, 4) is 0 Å². The van der Waals surface area contributed by atoms with Crippen molar-refractivity contribution in [1.82, 2.24) is 0 Å². The first-order valence-electron chi connectivity index (χ1n) is 14.1. The fourth-order valence-electron chi connectivity index (χ4n) is 9.55. The molecule has 0 amide bonds. The Hall–Kier alpha value is -0.340. The van der Waals surface area contributed by atoms with E-state index in [0.717, 1.165) is 18.8 Å². The van der Waals surface area contributed by atoms with Gasteiger partial charge in [0, 0.05) is 0 Å². The summed E-state index contributed by atoms with van der Waals surface area (Å²) >= 11 is 0. The van der Waals surface area contributed by atoms with E-state index >= 15 is 0 Å². The van der Waals surface area contributed by atoms with Crippen LogP contribution in [0.1, 0.15) is 106 Å². The average Bonchev–Trinajstić information content (AvgIpc) is 3.11. The lowest BCUT2D eigenvalue weighted by Crippen LogP contribution is -2.52. The van der Waals surface area contributed by atoms with Gasteiger partial charge in [-0.15, -0.1) is 0 Å². The quantitative estimate of drug-likeness (QED) is 0.424. The molecule has 11 atom stereocenters. The molecule has 4 rings (SSSR count). The maximum atomic E-state index is 11.3. The largest absolute Gasteiger partial charge is 0.393 e. The van der Waals surface area contributed by atoms with E-state index in [1.54, 1.807) is 5.57 Å². The van der Waals surface area contributed by atoms with Crippen molar-refractivity contribution < 1.29 is 10.2 Å². The second-order valence-electron chi connectivity index (χ2n) is 13.4. The fourth-order valence-corrected chi connectivity index (χ4v) is 9.55. The van der Waals surface area contributed by atoms with Gasteiger partial charge in [0.15, 0.2) is 0 Å². The molecular formula is C30H52O2. The molecule has 2 nitrogen and oxygen atoms in total. The minimum absolute atomic E-state index is 0.104. The molecule has 0 heterocycles. The van der Waals surface area contributed by atoms with Crippen LogP contribution in [0, 0.1) is 58.2 Å². The van der Waals surface area contributed by atoms with E-state index in [1.807, 2.05) is 0 Å². The van der Waals surface area contributed by atoms with Crippen LogP contribution in [-0.2, 0) is 0 Å². The van der Waals surface area contributed by atoms with Gasteiger partial charge in [-0.3, -0.25) is 0 Å². The zero-order valence-electron chi connectivity index (χ0n) is 22.1. The van der Waals surface area contributed by atoms with E-state index < -0.39 is 0 Å². The molecule has 4 aliphatic carbocycles. The third kappa shape index (κ3) is 3.84. The summed E-state index contributed by atoms with van der Waals surface area (Å²) < 4.78 is 0. The lowest BCUT2D eigenvalue weighted by Gasteiger charge is -2.59. The molecule has 2 N–H and O–H groups in total.